The first-order chi connectivity index (χ1) is 8.52. The number of likely N-dealkylation sites (tertiary alicyclic amines) is 1. The molecule has 2 atom stereocenters. The molecule has 5 heteroatoms. The Morgan fingerprint density at radius 2 is 2.22 bits per heavy atom. The van der Waals surface area contributed by atoms with Crippen molar-refractivity contribution >= 4 is 23.6 Å². The molecule has 0 bridgehead atoms. The summed E-state index contributed by atoms with van der Waals surface area (Å²) < 4.78 is 4.61. The quantitative estimate of drug-likeness (QED) is 0.718. The van der Waals surface area contributed by atoms with Gasteiger partial charge in [0.05, 0.1) is 19.3 Å². The van der Waals surface area contributed by atoms with E-state index in [9.17, 15) is 9.59 Å². The van der Waals surface area contributed by atoms with Crippen LogP contribution in [-0.4, -0.2) is 48.0 Å². The molecule has 1 amide bonds. The number of ether oxygens (including phenoxy) is 1. The lowest BCUT2D eigenvalue weighted by Gasteiger charge is -2.31. The molecule has 0 saturated carbocycles. The highest BCUT2D eigenvalue weighted by Crippen LogP contribution is 2.19. The summed E-state index contributed by atoms with van der Waals surface area (Å²) >= 11 is 1.53. The minimum Gasteiger partial charge on any atom is -0.469 e. The highest BCUT2D eigenvalue weighted by molar-refractivity contribution is 8.00. The van der Waals surface area contributed by atoms with E-state index in [0.29, 0.717) is 18.1 Å². The zero-order valence-corrected chi connectivity index (χ0v) is 12.3. The van der Waals surface area contributed by atoms with Crippen molar-refractivity contribution < 1.29 is 14.3 Å². The Kier molecular flexibility index (Phi) is 6.54. The molecular weight excluding hydrogens is 250 g/mol. The second-order valence-corrected chi connectivity index (χ2v) is 6.42. The van der Waals surface area contributed by atoms with Gasteiger partial charge in [-0.15, -0.1) is 11.8 Å². The van der Waals surface area contributed by atoms with Gasteiger partial charge in [0.2, 0.25) is 5.91 Å². The zero-order chi connectivity index (χ0) is 13.5. The topological polar surface area (TPSA) is 46.6 Å². The van der Waals surface area contributed by atoms with E-state index in [0.717, 1.165) is 19.5 Å². The Morgan fingerprint density at radius 3 is 2.83 bits per heavy atom. The van der Waals surface area contributed by atoms with E-state index in [1.807, 2.05) is 11.8 Å². The van der Waals surface area contributed by atoms with E-state index in [-0.39, 0.29) is 17.1 Å². The molecule has 4 nitrogen and oxygen atoms in total. The highest BCUT2D eigenvalue weighted by atomic mass is 32.2. The average Bonchev–Trinajstić information content (AvgIpc) is 2.35. The zero-order valence-electron chi connectivity index (χ0n) is 11.5. The van der Waals surface area contributed by atoms with E-state index in [2.05, 4.69) is 11.7 Å². The fraction of sp³-hybridized carbons (Fsp3) is 0.846. The predicted octanol–water partition coefficient (Wildman–Crippen LogP) is 1.93. The summed E-state index contributed by atoms with van der Waals surface area (Å²) in [5.41, 5.74) is 0. The van der Waals surface area contributed by atoms with Gasteiger partial charge in [-0.1, -0.05) is 13.8 Å². The average molecular weight is 273 g/mol. The van der Waals surface area contributed by atoms with Gasteiger partial charge in [0.1, 0.15) is 0 Å². The molecule has 0 aliphatic carbocycles. The minimum absolute atomic E-state index is 0.128. The van der Waals surface area contributed by atoms with Crippen molar-refractivity contribution in [2.24, 2.45) is 5.92 Å². The smallest absolute Gasteiger partial charge is 0.306 e. The molecule has 0 aromatic carbocycles. The van der Waals surface area contributed by atoms with E-state index >= 15 is 0 Å². The minimum atomic E-state index is -0.214. The first kappa shape index (κ1) is 15.3. The van der Waals surface area contributed by atoms with Gasteiger partial charge in [-0.3, -0.25) is 9.59 Å². The molecule has 104 valence electrons. The lowest BCUT2D eigenvalue weighted by Crippen LogP contribution is -2.40. The second-order valence-electron chi connectivity index (χ2n) is 4.99. The maximum absolute atomic E-state index is 12.0. The summed E-state index contributed by atoms with van der Waals surface area (Å²) in [4.78, 5) is 25.0. The van der Waals surface area contributed by atoms with E-state index in [4.69, 9.17) is 0 Å². The molecule has 18 heavy (non-hydrogen) atoms. The van der Waals surface area contributed by atoms with Crippen LogP contribution in [0.1, 0.15) is 33.1 Å². The van der Waals surface area contributed by atoms with Crippen LogP contribution in [0.4, 0.5) is 0 Å². The molecule has 1 heterocycles. The summed E-state index contributed by atoms with van der Waals surface area (Å²) in [5, 5.41) is 0.128. The van der Waals surface area contributed by atoms with Gasteiger partial charge >= 0.3 is 5.97 Å². The van der Waals surface area contributed by atoms with Crippen molar-refractivity contribution in [2.45, 2.75) is 38.4 Å². The van der Waals surface area contributed by atoms with Crippen LogP contribution in [0.15, 0.2) is 0 Å². The van der Waals surface area contributed by atoms with Crippen LogP contribution in [-0.2, 0) is 14.3 Å². The molecule has 1 aliphatic rings. The van der Waals surface area contributed by atoms with Gasteiger partial charge in [-0.2, -0.15) is 0 Å². The van der Waals surface area contributed by atoms with Crippen molar-refractivity contribution in [1.82, 2.24) is 4.90 Å². The predicted molar refractivity (Wildman–Crippen MR) is 73.5 cm³/mol. The first-order valence-electron chi connectivity index (χ1n) is 6.49. The van der Waals surface area contributed by atoms with Crippen LogP contribution in [0.5, 0.6) is 0 Å². The van der Waals surface area contributed by atoms with Gasteiger partial charge in [-0.05, 0) is 18.8 Å². The van der Waals surface area contributed by atoms with Gasteiger partial charge < -0.3 is 9.64 Å². The fourth-order valence-electron chi connectivity index (χ4n) is 2.10. The van der Waals surface area contributed by atoms with Crippen LogP contribution in [0.2, 0.25) is 0 Å². The Balaban J connectivity index is 2.25. The lowest BCUT2D eigenvalue weighted by molar-refractivity contribution is -0.140. The number of thioether (sulfide) groups is 1. The normalized spacial score (nSPS) is 21.5. The first-order valence-corrected chi connectivity index (χ1v) is 7.54. The summed E-state index contributed by atoms with van der Waals surface area (Å²) in [6.07, 6.45) is 2.69. The largest absolute Gasteiger partial charge is 0.469 e. The molecule has 1 saturated heterocycles. The molecule has 0 aromatic heterocycles. The molecule has 0 radical (unpaired) electrons. The summed E-state index contributed by atoms with van der Waals surface area (Å²) in [6.45, 7) is 5.90. The Morgan fingerprint density at radius 1 is 1.50 bits per heavy atom. The van der Waals surface area contributed by atoms with Crippen molar-refractivity contribution in [3.63, 3.8) is 0 Å². The molecule has 1 aliphatic heterocycles. The van der Waals surface area contributed by atoms with Crippen LogP contribution >= 0.6 is 11.8 Å². The fourth-order valence-corrected chi connectivity index (χ4v) is 2.96. The number of methoxy groups -OCH3 is 1. The summed E-state index contributed by atoms with van der Waals surface area (Å²) in [5.74, 6) is 1.06. The van der Waals surface area contributed by atoms with E-state index < -0.39 is 0 Å². The van der Waals surface area contributed by atoms with Crippen LogP contribution in [0.25, 0.3) is 0 Å². The number of amides is 1. The maximum Gasteiger partial charge on any atom is 0.306 e. The third kappa shape index (κ3) is 5.29. The van der Waals surface area contributed by atoms with Crippen molar-refractivity contribution in [2.75, 3.05) is 26.0 Å². The number of carbonyl (C=O) groups is 2. The number of hydrogen-bond donors (Lipinski definition) is 0. The summed E-state index contributed by atoms with van der Waals surface area (Å²) in [7, 11) is 1.39. The van der Waals surface area contributed by atoms with Crippen molar-refractivity contribution in [1.29, 1.82) is 0 Å². The number of esters is 1. The Hall–Kier alpha value is -0.710. The van der Waals surface area contributed by atoms with Gasteiger partial charge in [0.25, 0.3) is 0 Å². The summed E-state index contributed by atoms with van der Waals surface area (Å²) in [6, 6.07) is 0. The van der Waals surface area contributed by atoms with Crippen molar-refractivity contribution in [3.8, 4) is 0 Å². The molecule has 0 spiro atoms. The number of rotatable bonds is 5. The molecule has 0 aromatic rings. The number of hydrogen-bond acceptors (Lipinski definition) is 4. The molecule has 1 rings (SSSR count). The molecule has 0 N–H and O–H groups in total. The number of carbonyl (C=O) groups excluding carboxylic acids is 2. The van der Waals surface area contributed by atoms with Crippen LogP contribution in [0.3, 0.4) is 0 Å². The monoisotopic (exact) mass is 273 g/mol. The molecule has 1 fully saturated rings. The third-order valence-corrected chi connectivity index (χ3v) is 4.33. The van der Waals surface area contributed by atoms with Gasteiger partial charge in [-0.25, -0.2) is 0 Å². The Bertz CT molecular complexity index is 296. The second kappa shape index (κ2) is 7.67. The number of piperidine rings is 1. The van der Waals surface area contributed by atoms with Crippen molar-refractivity contribution in [3.05, 3.63) is 0 Å². The van der Waals surface area contributed by atoms with E-state index in [1.165, 1.54) is 25.3 Å². The third-order valence-electron chi connectivity index (χ3n) is 3.18. The van der Waals surface area contributed by atoms with Gasteiger partial charge in [0.15, 0.2) is 0 Å². The Labute approximate surface area is 113 Å². The molecule has 2 unspecified atom stereocenters. The van der Waals surface area contributed by atoms with Crippen LogP contribution < -0.4 is 0 Å². The van der Waals surface area contributed by atoms with Gasteiger partial charge in [0, 0.05) is 18.3 Å². The highest BCUT2D eigenvalue weighted by Gasteiger charge is 2.21. The lowest BCUT2D eigenvalue weighted by atomic mass is 10.0. The molecular formula is C13H23NO3S. The standard InChI is InChI=1S/C13H23NO3S/c1-10-5-4-6-14(8-10)12(15)9-18-11(2)7-13(16)17-3/h10-11H,4-9H2,1-3H3. The number of nitrogens with zero attached hydrogens (tertiary/aromatic N) is 1. The SMILES string of the molecule is COC(=O)CC(C)SCC(=O)N1CCCC(C)C1. The van der Waals surface area contributed by atoms with E-state index in [1.54, 1.807) is 0 Å². The maximum atomic E-state index is 12.0. The van der Waals surface area contributed by atoms with Crippen LogP contribution in [0, 0.1) is 5.92 Å².